The molecule has 31 heavy (non-hydrogen) atoms. The molecule has 0 bridgehead atoms. The van der Waals surface area contributed by atoms with Crippen LogP contribution in [0.1, 0.15) is 5.56 Å². The van der Waals surface area contributed by atoms with Crippen molar-refractivity contribution in [3.8, 4) is 16.9 Å². The number of halogens is 2. The number of pyridine rings is 1. The lowest BCUT2D eigenvalue weighted by Crippen LogP contribution is -2.28. The van der Waals surface area contributed by atoms with Gasteiger partial charge in [0.15, 0.2) is 5.82 Å². The molecule has 0 spiro atoms. The SMILES string of the molecule is Nc1c(NC(=O)NCc2cccnc2)c(-c2ccc(Cl)cc2)nn1-c1ccc(F)cc1. The van der Waals surface area contributed by atoms with E-state index in [9.17, 15) is 9.18 Å². The maximum absolute atomic E-state index is 13.3. The fourth-order valence-electron chi connectivity index (χ4n) is 2.99. The number of benzene rings is 2. The molecule has 2 amide bonds. The van der Waals surface area contributed by atoms with Crippen molar-refractivity contribution in [1.29, 1.82) is 0 Å². The molecule has 2 aromatic heterocycles. The predicted octanol–water partition coefficient (Wildman–Crippen LogP) is 4.63. The van der Waals surface area contributed by atoms with Crippen LogP contribution in [0.5, 0.6) is 0 Å². The van der Waals surface area contributed by atoms with Gasteiger partial charge in [0.2, 0.25) is 0 Å². The minimum atomic E-state index is -0.454. The average molecular weight is 437 g/mol. The molecule has 0 atom stereocenters. The second-order valence-corrected chi connectivity index (χ2v) is 7.11. The van der Waals surface area contributed by atoms with Gasteiger partial charge in [-0.1, -0.05) is 29.8 Å². The van der Waals surface area contributed by atoms with Crippen LogP contribution >= 0.6 is 11.6 Å². The van der Waals surface area contributed by atoms with E-state index in [0.717, 1.165) is 5.56 Å². The van der Waals surface area contributed by atoms with Crippen molar-refractivity contribution in [1.82, 2.24) is 20.1 Å². The number of aromatic nitrogens is 3. The number of hydrogen-bond acceptors (Lipinski definition) is 4. The van der Waals surface area contributed by atoms with E-state index < -0.39 is 6.03 Å². The van der Waals surface area contributed by atoms with Gasteiger partial charge in [0, 0.05) is 29.5 Å². The van der Waals surface area contributed by atoms with Gasteiger partial charge in [-0.05, 0) is 48.0 Å². The van der Waals surface area contributed by atoms with Gasteiger partial charge < -0.3 is 16.4 Å². The molecule has 2 aromatic carbocycles. The van der Waals surface area contributed by atoms with E-state index in [1.807, 2.05) is 6.07 Å². The van der Waals surface area contributed by atoms with Gasteiger partial charge in [-0.3, -0.25) is 4.98 Å². The topological polar surface area (TPSA) is 97.9 Å². The molecule has 2 heterocycles. The number of urea groups is 1. The van der Waals surface area contributed by atoms with Gasteiger partial charge in [0.25, 0.3) is 0 Å². The summed E-state index contributed by atoms with van der Waals surface area (Å²) in [7, 11) is 0. The summed E-state index contributed by atoms with van der Waals surface area (Å²) in [6.45, 7) is 0.294. The Bertz CT molecular complexity index is 1190. The summed E-state index contributed by atoms with van der Waals surface area (Å²) < 4.78 is 14.8. The molecule has 0 aliphatic heterocycles. The molecule has 0 unspecified atom stereocenters. The third-order valence-electron chi connectivity index (χ3n) is 4.52. The molecule has 0 aliphatic rings. The van der Waals surface area contributed by atoms with Crippen LogP contribution in [-0.4, -0.2) is 20.8 Å². The fourth-order valence-corrected chi connectivity index (χ4v) is 3.11. The second kappa shape index (κ2) is 8.85. The Morgan fingerprint density at radius 3 is 2.52 bits per heavy atom. The Hall–Kier alpha value is -3.91. The number of nitrogens with zero attached hydrogens (tertiary/aromatic N) is 3. The molecule has 156 valence electrons. The zero-order valence-electron chi connectivity index (χ0n) is 16.2. The Morgan fingerprint density at radius 1 is 1.10 bits per heavy atom. The van der Waals surface area contributed by atoms with Crippen molar-refractivity contribution >= 4 is 29.1 Å². The van der Waals surface area contributed by atoms with E-state index in [1.165, 1.54) is 16.8 Å². The monoisotopic (exact) mass is 436 g/mol. The van der Waals surface area contributed by atoms with Crippen LogP contribution in [0.25, 0.3) is 16.9 Å². The summed E-state index contributed by atoms with van der Waals surface area (Å²) in [6.07, 6.45) is 3.33. The third-order valence-corrected chi connectivity index (χ3v) is 4.78. The van der Waals surface area contributed by atoms with E-state index in [1.54, 1.807) is 54.9 Å². The number of anilines is 2. The zero-order chi connectivity index (χ0) is 21.8. The number of hydrogen-bond donors (Lipinski definition) is 3. The highest BCUT2D eigenvalue weighted by molar-refractivity contribution is 6.30. The van der Waals surface area contributed by atoms with E-state index in [4.69, 9.17) is 17.3 Å². The molecule has 4 rings (SSSR count). The molecule has 0 aliphatic carbocycles. The lowest BCUT2D eigenvalue weighted by molar-refractivity contribution is 0.251. The summed E-state index contributed by atoms with van der Waals surface area (Å²) in [4.78, 5) is 16.6. The van der Waals surface area contributed by atoms with Crippen LogP contribution < -0.4 is 16.4 Å². The molecule has 4 aromatic rings. The lowest BCUT2D eigenvalue weighted by atomic mass is 10.1. The smallest absolute Gasteiger partial charge is 0.319 e. The molecule has 7 nitrogen and oxygen atoms in total. The Morgan fingerprint density at radius 2 is 1.84 bits per heavy atom. The van der Waals surface area contributed by atoms with Gasteiger partial charge in [-0.2, -0.15) is 5.10 Å². The number of nitrogen functional groups attached to an aromatic ring is 1. The van der Waals surface area contributed by atoms with Gasteiger partial charge in [-0.25, -0.2) is 13.9 Å². The molecule has 0 fully saturated rings. The number of nitrogens with two attached hydrogens (primary N) is 1. The van der Waals surface area contributed by atoms with Crippen molar-refractivity contribution in [2.24, 2.45) is 0 Å². The first-order chi connectivity index (χ1) is 15.0. The summed E-state index contributed by atoms with van der Waals surface area (Å²) in [6, 6.07) is 15.9. The Kier molecular flexibility index (Phi) is 5.81. The van der Waals surface area contributed by atoms with E-state index in [2.05, 4.69) is 20.7 Å². The predicted molar refractivity (Wildman–Crippen MR) is 118 cm³/mol. The molecular weight excluding hydrogens is 419 g/mol. The molecular formula is C22H18ClFN6O. The summed E-state index contributed by atoms with van der Waals surface area (Å²) in [5.41, 5.74) is 9.22. The van der Waals surface area contributed by atoms with Gasteiger partial charge in [0.1, 0.15) is 17.2 Å². The number of carbonyl (C=O) groups is 1. The van der Waals surface area contributed by atoms with Crippen LogP contribution in [0.4, 0.5) is 20.7 Å². The fraction of sp³-hybridized carbons (Fsp3) is 0.0455. The van der Waals surface area contributed by atoms with Gasteiger partial charge >= 0.3 is 6.03 Å². The van der Waals surface area contributed by atoms with Crippen molar-refractivity contribution in [2.75, 3.05) is 11.1 Å². The van der Waals surface area contributed by atoms with Crippen molar-refractivity contribution in [2.45, 2.75) is 6.54 Å². The standard InChI is InChI=1S/C22H18ClFN6O/c23-16-5-3-15(4-6-16)19-20(28-22(31)27-13-14-2-1-11-26-12-14)21(25)30(29-19)18-9-7-17(24)8-10-18/h1-12H,13,25H2,(H2,27,28,31). The van der Waals surface area contributed by atoms with E-state index >= 15 is 0 Å². The van der Waals surface area contributed by atoms with Crippen molar-refractivity contribution in [3.63, 3.8) is 0 Å². The van der Waals surface area contributed by atoms with Crippen LogP contribution in [0.3, 0.4) is 0 Å². The van der Waals surface area contributed by atoms with E-state index in [0.29, 0.717) is 34.2 Å². The summed E-state index contributed by atoms with van der Waals surface area (Å²) in [5, 5.41) is 10.7. The van der Waals surface area contributed by atoms with Crippen molar-refractivity contribution in [3.05, 3.63) is 89.5 Å². The molecule has 9 heteroatoms. The maximum atomic E-state index is 13.3. The maximum Gasteiger partial charge on any atom is 0.319 e. The highest BCUT2D eigenvalue weighted by Gasteiger charge is 2.20. The van der Waals surface area contributed by atoms with Crippen LogP contribution in [0, 0.1) is 5.82 Å². The number of amides is 2. The summed E-state index contributed by atoms with van der Waals surface area (Å²) >= 11 is 6.00. The second-order valence-electron chi connectivity index (χ2n) is 6.67. The summed E-state index contributed by atoms with van der Waals surface area (Å²) in [5.74, 6) is -0.173. The van der Waals surface area contributed by atoms with Gasteiger partial charge in [-0.15, -0.1) is 0 Å². The average Bonchev–Trinajstić information content (AvgIpc) is 3.10. The first kappa shape index (κ1) is 20.4. The molecule has 4 N–H and O–H groups in total. The number of carbonyl (C=O) groups excluding carboxylic acids is 1. The van der Waals surface area contributed by atoms with Crippen LogP contribution in [0.2, 0.25) is 5.02 Å². The Balaban J connectivity index is 1.66. The first-order valence-corrected chi connectivity index (χ1v) is 9.73. The molecule has 0 saturated carbocycles. The van der Waals surface area contributed by atoms with Gasteiger partial charge in [0.05, 0.1) is 5.69 Å². The van der Waals surface area contributed by atoms with Crippen LogP contribution in [0.15, 0.2) is 73.1 Å². The molecule has 0 radical (unpaired) electrons. The van der Waals surface area contributed by atoms with E-state index in [-0.39, 0.29) is 11.6 Å². The first-order valence-electron chi connectivity index (χ1n) is 9.35. The normalized spacial score (nSPS) is 10.6. The number of rotatable bonds is 5. The quantitative estimate of drug-likeness (QED) is 0.424. The van der Waals surface area contributed by atoms with Crippen LogP contribution in [-0.2, 0) is 6.54 Å². The third kappa shape index (κ3) is 4.65. The Labute approximate surface area is 182 Å². The highest BCUT2D eigenvalue weighted by Crippen LogP contribution is 2.34. The number of nitrogens with one attached hydrogen (secondary N) is 2. The largest absolute Gasteiger partial charge is 0.382 e. The minimum Gasteiger partial charge on any atom is -0.382 e. The zero-order valence-corrected chi connectivity index (χ0v) is 17.0. The highest BCUT2D eigenvalue weighted by atomic mass is 35.5. The minimum absolute atomic E-state index is 0.202. The lowest BCUT2D eigenvalue weighted by Gasteiger charge is -2.09. The molecule has 0 saturated heterocycles. The van der Waals surface area contributed by atoms with Crippen molar-refractivity contribution < 1.29 is 9.18 Å².